The maximum absolute atomic E-state index is 13.7. The van der Waals surface area contributed by atoms with Gasteiger partial charge in [-0.05, 0) is 36.2 Å². The quantitative estimate of drug-likeness (QED) is 0.558. The molecule has 0 aliphatic carbocycles. The number of halogens is 2. The van der Waals surface area contributed by atoms with Crippen LogP contribution >= 0.6 is 23.2 Å². The van der Waals surface area contributed by atoms with Crippen LogP contribution in [0.1, 0.15) is 24.0 Å². The highest BCUT2D eigenvalue weighted by molar-refractivity contribution is 6.31. The van der Waals surface area contributed by atoms with Crippen LogP contribution in [0.4, 0.5) is 5.69 Å². The molecule has 3 heterocycles. The summed E-state index contributed by atoms with van der Waals surface area (Å²) in [7, 11) is 0. The molecule has 3 amide bonds. The summed E-state index contributed by atoms with van der Waals surface area (Å²) in [6.45, 7) is -0.0317. The predicted octanol–water partition coefficient (Wildman–Crippen LogP) is 2.78. The van der Waals surface area contributed by atoms with Gasteiger partial charge in [0.15, 0.2) is 0 Å². The van der Waals surface area contributed by atoms with E-state index >= 15 is 0 Å². The van der Waals surface area contributed by atoms with Crippen molar-refractivity contribution < 1.29 is 24.3 Å². The van der Waals surface area contributed by atoms with E-state index in [1.807, 2.05) is 0 Å². The molecule has 3 aliphatic rings. The second-order valence-corrected chi connectivity index (χ2v) is 9.34. The average Bonchev–Trinajstić information content (AvgIpc) is 3.34. The minimum atomic E-state index is -1.52. The maximum atomic E-state index is 13.7. The molecule has 2 unspecified atom stereocenters. The number of rotatable bonds is 5. The highest BCUT2D eigenvalue weighted by atomic mass is 35.5. The number of aliphatic carboxylic acids is 1. The Balaban J connectivity index is 1.60. The van der Waals surface area contributed by atoms with E-state index in [2.05, 4.69) is 10.6 Å². The Morgan fingerprint density at radius 3 is 2.58 bits per heavy atom. The first-order valence-corrected chi connectivity index (χ1v) is 11.2. The van der Waals surface area contributed by atoms with Gasteiger partial charge in [0.2, 0.25) is 17.7 Å². The molecular formula is C23H19Cl2N3O5. The minimum Gasteiger partial charge on any atom is -0.481 e. The van der Waals surface area contributed by atoms with E-state index in [-0.39, 0.29) is 19.4 Å². The Kier molecular flexibility index (Phi) is 5.19. The molecular weight excluding hydrogens is 469 g/mol. The number of fused-ring (bicyclic) bond motifs is 4. The van der Waals surface area contributed by atoms with Crippen molar-refractivity contribution >= 4 is 52.6 Å². The van der Waals surface area contributed by atoms with Crippen LogP contribution in [0.3, 0.4) is 0 Å². The summed E-state index contributed by atoms with van der Waals surface area (Å²) >= 11 is 12.5. The number of amides is 3. The van der Waals surface area contributed by atoms with Gasteiger partial charge in [0, 0.05) is 33.8 Å². The Bertz CT molecular complexity index is 1220. The first-order chi connectivity index (χ1) is 15.7. The molecule has 0 saturated carbocycles. The van der Waals surface area contributed by atoms with Crippen LogP contribution in [-0.2, 0) is 31.3 Å². The third-order valence-corrected chi connectivity index (χ3v) is 7.33. The van der Waals surface area contributed by atoms with Crippen molar-refractivity contribution in [2.45, 2.75) is 31.0 Å². The second kappa shape index (κ2) is 7.83. The number of nitrogens with one attached hydrogen (secondary N) is 2. The summed E-state index contributed by atoms with van der Waals surface area (Å²) in [5.74, 6) is -4.38. The lowest BCUT2D eigenvalue weighted by Crippen LogP contribution is -2.53. The van der Waals surface area contributed by atoms with Crippen molar-refractivity contribution in [3.05, 3.63) is 63.6 Å². The number of likely N-dealkylation sites (tertiary alicyclic amines) is 1. The molecule has 3 N–H and O–H groups in total. The monoisotopic (exact) mass is 487 g/mol. The first-order valence-electron chi connectivity index (χ1n) is 10.4. The molecule has 170 valence electrons. The predicted molar refractivity (Wildman–Crippen MR) is 120 cm³/mol. The molecule has 5 rings (SSSR count). The summed E-state index contributed by atoms with van der Waals surface area (Å²) in [6, 6.07) is 11.1. The van der Waals surface area contributed by atoms with Crippen LogP contribution in [0, 0.1) is 11.8 Å². The molecule has 0 radical (unpaired) electrons. The summed E-state index contributed by atoms with van der Waals surface area (Å²) in [4.78, 5) is 52.9. The van der Waals surface area contributed by atoms with E-state index in [0.717, 1.165) is 4.90 Å². The van der Waals surface area contributed by atoms with E-state index in [4.69, 9.17) is 23.2 Å². The maximum Gasteiger partial charge on any atom is 0.303 e. The molecule has 33 heavy (non-hydrogen) atoms. The van der Waals surface area contributed by atoms with E-state index in [1.54, 1.807) is 42.5 Å². The molecule has 0 aromatic heterocycles. The van der Waals surface area contributed by atoms with Crippen molar-refractivity contribution in [2.75, 3.05) is 5.32 Å². The number of hydrogen-bond donors (Lipinski definition) is 3. The van der Waals surface area contributed by atoms with Crippen molar-refractivity contribution in [3.63, 3.8) is 0 Å². The van der Waals surface area contributed by atoms with Gasteiger partial charge in [0.05, 0.1) is 18.4 Å². The van der Waals surface area contributed by atoms with Gasteiger partial charge in [-0.2, -0.15) is 0 Å². The number of anilines is 1. The number of hydrogen-bond acceptors (Lipinski definition) is 5. The van der Waals surface area contributed by atoms with Gasteiger partial charge < -0.3 is 10.4 Å². The molecule has 2 aromatic rings. The fourth-order valence-corrected chi connectivity index (χ4v) is 5.68. The zero-order valence-electron chi connectivity index (χ0n) is 17.2. The average molecular weight is 488 g/mol. The van der Waals surface area contributed by atoms with Crippen LogP contribution < -0.4 is 10.6 Å². The van der Waals surface area contributed by atoms with Crippen molar-refractivity contribution in [2.24, 2.45) is 11.8 Å². The lowest BCUT2D eigenvalue weighted by atomic mass is 9.76. The van der Waals surface area contributed by atoms with E-state index < -0.39 is 47.1 Å². The largest absolute Gasteiger partial charge is 0.481 e. The van der Waals surface area contributed by atoms with Gasteiger partial charge in [0.1, 0.15) is 5.54 Å². The van der Waals surface area contributed by atoms with Crippen LogP contribution in [0.2, 0.25) is 10.0 Å². The number of carboxylic acids is 1. The van der Waals surface area contributed by atoms with Gasteiger partial charge in [-0.1, -0.05) is 41.4 Å². The van der Waals surface area contributed by atoms with E-state index in [9.17, 15) is 24.3 Å². The van der Waals surface area contributed by atoms with Crippen LogP contribution in [0.15, 0.2) is 42.5 Å². The number of carbonyl (C=O) groups excluding carboxylic acids is 3. The van der Waals surface area contributed by atoms with E-state index in [1.165, 1.54) is 0 Å². The highest BCUT2D eigenvalue weighted by Crippen LogP contribution is 2.54. The molecule has 8 nitrogen and oxygen atoms in total. The normalized spacial score (nSPS) is 27.8. The molecule has 1 spiro atoms. The summed E-state index contributed by atoms with van der Waals surface area (Å²) in [5.41, 5.74) is 0.0629. The molecule has 10 heteroatoms. The van der Waals surface area contributed by atoms with Crippen molar-refractivity contribution in [1.29, 1.82) is 0 Å². The van der Waals surface area contributed by atoms with Gasteiger partial charge >= 0.3 is 5.97 Å². The standard InChI is InChI=1S/C23H19Cl2N3O5/c24-12-5-6-15-13(9-12)23(22(33)26-15)19-18(16(27-23)7-8-17(29)30)20(31)28(21(19)32)10-11-3-1-2-4-14(11)25/h1-6,9,16,18-19,27H,7-8,10H2,(H,26,33)(H,29,30)/t16?,18-,19+,23?/m0/s1. The molecule has 2 saturated heterocycles. The zero-order chi connectivity index (χ0) is 23.5. The van der Waals surface area contributed by atoms with Gasteiger partial charge in [0.25, 0.3) is 0 Å². The topological polar surface area (TPSA) is 116 Å². The lowest BCUT2D eigenvalue weighted by molar-refractivity contribution is -0.144. The second-order valence-electron chi connectivity index (χ2n) is 8.49. The van der Waals surface area contributed by atoms with E-state index in [0.29, 0.717) is 26.9 Å². The molecule has 3 aliphatic heterocycles. The van der Waals surface area contributed by atoms with Crippen LogP contribution in [0.25, 0.3) is 0 Å². The summed E-state index contributed by atoms with van der Waals surface area (Å²) < 4.78 is 0. The zero-order valence-corrected chi connectivity index (χ0v) is 18.7. The minimum absolute atomic E-state index is 0.0317. The third kappa shape index (κ3) is 3.24. The number of carbonyl (C=O) groups is 4. The van der Waals surface area contributed by atoms with Gasteiger partial charge in [-0.15, -0.1) is 0 Å². The number of imide groups is 1. The number of carboxylic acid groups (broad SMARTS) is 1. The summed E-state index contributed by atoms with van der Waals surface area (Å²) in [5, 5.41) is 16.0. The fraction of sp³-hybridized carbons (Fsp3) is 0.304. The Morgan fingerprint density at radius 1 is 1.09 bits per heavy atom. The first kappa shape index (κ1) is 21.9. The van der Waals surface area contributed by atoms with Gasteiger partial charge in [-0.25, -0.2) is 0 Å². The number of nitrogens with zero attached hydrogens (tertiary/aromatic N) is 1. The van der Waals surface area contributed by atoms with Crippen LogP contribution in [-0.4, -0.2) is 39.7 Å². The Labute approximate surface area is 198 Å². The molecule has 4 atom stereocenters. The summed E-state index contributed by atoms with van der Waals surface area (Å²) in [6.07, 6.45) is -0.132. The van der Waals surface area contributed by atoms with Crippen LogP contribution in [0.5, 0.6) is 0 Å². The highest BCUT2D eigenvalue weighted by Gasteiger charge is 2.70. The fourth-order valence-electron chi connectivity index (χ4n) is 5.31. The third-order valence-electron chi connectivity index (χ3n) is 6.72. The smallest absolute Gasteiger partial charge is 0.303 e. The Hall–Kier alpha value is -2.94. The molecule has 2 aromatic carbocycles. The van der Waals surface area contributed by atoms with Gasteiger partial charge in [-0.3, -0.25) is 29.4 Å². The Morgan fingerprint density at radius 2 is 1.85 bits per heavy atom. The molecule has 2 fully saturated rings. The number of benzene rings is 2. The lowest BCUT2D eigenvalue weighted by Gasteiger charge is -2.29. The van der Waals surface area contributed by atoms with Crippen molar-refractivity contribution in [1.82, 2.24) is 10.2 Å². The molecule has 0 bridgehead atoms. The SMILES string of the molecule is O=C(O)CCC1NC2(C(=O)Nc3ccc(Cl)cc32)[C@H]2C(=O)N(Cc3ccccc3Cl)C(=O)[C@@H]12. The van der Waals surface area contributed by atoms with Crippen molar-refractivity contribution in [3.8, 4) is 0 Å².